The third-order valence-electron chi connectivity index (χ3n) is 3.11. The van der Waals surface area contributed by atoms with Gasteiger partial charge in [-0.3, -0.25) is 0 Å². The second-order valence-electron chi connectivity index (χ2n) is 4.63. The van der Waals surface area contributed by atoms with Crippen molar-refractivity contribution in [3.05, 3.63) is 18.2 Å². The SMILES string of the molecule is CCCCCCCCOc1ccc2c(c1)OCO2. The van der Waals surface area contributed by atoms with E-state index in [9.17, 15) is 0 Å². The van der Waals surface area contributed by atoms with Crippen LogP contribution in [0.4, 0.5) is 0 Å². The predicted molar refractivity (Wildman–Crippen MR) is 71.4 cm³/mol. The number of hydrogen-bond acceptors (Lipinski definition) is 3. The minimum Gasteiger partial charge on any atom is -0.493 e. The molecule has 0 saturated heterocycles. The van der Waals surface area contributed by atoms with Crippen LogP contribution in [0.3, 0.4) is 0 Å². The van der Waals surface area contributed by atoms with Crippen LogP contribution in [-0.4, -0.2) is 13.4 Å². The fourth-order valence-electron chi connectivity index (χ4n) is 2.04. The quantitative estimate of drug-likeness (QED) is 0.648. The van der Waals surface area contributed by atoms with Gasteiger partial charge in [-0.1, -0.05) is 39.0 Å². The third-order valence-corrected chi connectivity index (χ3v) is 3.11. The fourth-order valence-corrected chi connectivity index (χ4v) is 2.04. The normalized spacial score (nSPS) is 12.7. The first kappa shape index (κ1) is 13.1. The number of ether oxygens (including phenoxy) is 3. The van der Waals surface area contributed by atoms with Crippen LogP contribution in [0.5, 0.6) is 17.2 Å². The predicted octanol–water partition coefficient (Wildman–Crippen LogP) is 4.15. The smallest absolute Gasteiger partial charge is 0.231 e. The Bertz CT molecular complexity index is 363. The Morgan fingerprint density at radius 2 is 1.78 bits per heavy atom. The van der Waals surface area contributed by atoms with Gasteiger partial charge in [-0.15, -0.1) is 0 Å². The van der Waals surface area contributed by atoms with Crippen LogP contribution in [0.2, 0.25) is 0 Å². The van der Waals surface area contributed by atoms with Gasteiger partial charge >= 0.3 is 0 Å². The van der Waals surface area contributed by atoms with Gasteiger partial charge in [0.2, 0.25) is 6.79 Å². The van der Waals surface area contributed by atoms with Crippen molar-refractivity contribution in [3.8, 4) is 17.2 Å². The van der Waals surface area contributed by atoms with Crippen molar-refractivity contribution in [2.24, 2.45) is 0 Å². The molecule has 0 N–H and O–H groups in total. The van der Waals surface area contributed by atoms with Crippen molar-refractivity contribution in [2.75, 3.05) is 13.4 Å². The molecule has 0 radical (unpaired) electrons. The maximum atomic E-state index is 5.70. The molecule has 1 aromatic rings. The van der Waals surface area contributed by atoms with Crippen molar-refractivity contribution >= 4 is 0 Å². The summed E-state index contributed by atoms with van der Waals surface area (Å²) >= 11 is 0. The molecule has 3 heteroatoms. The largest absolute Gasteiger partial charge is 0.493 e. The molecule has 18 heavy (non-hydrogen) atoms. The van der Waals surface area contributed by atoms with Crippen LogP contribution in [0.25, 0.3) is 0 Å². The van der Waals surface area contributed by atoms with Gasteiger partial charge in [0.15, 0.2) is 11.5 Å². The zero-order chi connectivity index (χ0) is 12.6. The average Bonchev–Trinajstić information content (AvgIpc) is 2.85. The fraction of sp³-hybridized carbons (Fsp3) is 0.600. The Hall–Kier alpha value is -1.38. The summed E-state index contributed by atoms with van der Waals surface area (Å²) < 4.78 is 16.3. The molecule has 0 fully saturated rings. The van der Waals surface area contributed by atoms with E-state index >= 15 is 0 Å². The molecule has 0 amide bonds. The molecule has 0 spiro atoms. The Labute approximate surface area is 109 Å². The van der Waals surface area contributed by atoms with Gasteiger partial charge in [-0.25, -0.2) is 0 Å². The molecule has 0 bridgehead atoms. The molecule has 2 rings (SSSR count). The van der Waals surface area contributed by atoms with Crippen molar-refractivity contribution in [3.63, 3.8) is 0 Å². The summed E-state index contributed by atoms with van der Waals surface area (Å²) in [4.78, 5) is 0. The number of rotatable bonds is 8. The molecule has 0 atom stereocenters. The number of benzene rings is 1. The van der Waals surface area contributed by atoms with Gasteiger partial charge < -0.3 is 14.2 Å². The summed E-state index contributed by atoms with van der Waals surface area (Å²) in [6, 6.07) is 5.74. The van der Waals surface area contributed by atoms with Crippen LogP contribution in [0.15, 0.2) is 18.2 Å². The van der Waals surface area contributed by atoms with Gasteiger partial charge in [0, 0.05) is 6.07 Å². The first-order valence-electron chi connectivity index (χ1n) is 6.92. The lowest BCUT2D eigenvalue weighted by molar-refractivity contribution is 0.173. The molecule has 0 saturated carbocycles. The maximum absolute atomic E-state index is 5.70. The first-order chi connectivity index (χ1) is 8.90. The van der Waals surface area contributed by atoms with Crippen LogP contribution < -0.4 is 14.2 Å². The van der Waals surface area contributed by atoms with Crippen molar-refractivity contribution in [1.29, 1.82) is 0 Å². The maximum Gasteiger partial charge on any atom is 0.231 e. The van der Waals surface area contributed by atoms with Gasteiger partial charge in [-0.2, -0.15) is 0 Å². The van der Waals surface area contributed by atoms with E-state index in [0.717, 1.165) is 30.3 Å². The molecule has 1 aliphatic heterocycles. The average molecular weight is 250 g/mol. The summed E-state index contributed by atoms with van der Waals surface area (Å²) in [6.45, 7) is 3.34. The first-order valence-corrected chi connectivity index (χ1v) is 6.92. The monoisotopic (exact) mass is 250 g/mol. The molecular weight excluding hydrogens is 228 g/mol. The van der Waals surface area contributed by atoms with E-state index in [1.807, 2.05) is 18.2 Å². The Morgan fingerprint density at radius 1 is 1.00 bits per heavy atom. The summed E-state index contributed by atoms with van der Waals surface area (Å²) in [7, 11) is 0. The van der Waals surface area contributed by atoms with Gasteiger partial charge in [-0.05, 0) is 18.6 Å². The van der Waals surface area contributed by atoms with Crippen LogP contribution in [-0.2, 0) is 0 Å². The van der Waals surface area contributed by atoms with E-state index in [4.69, 9.17) is 14.2 Å². The molecule has 3 nitrogen and oxygen atoms in total. The molecule has 1 aliphatic rings. The van der Waals surface area contributed by atoms with Gasteiger partial charge in [0.05, 0.1) is 6.61 Å². The summed E-state index contributed by atoms with van der Waals surface area (Å²) in [6.07, 6.45) is 7.69. The molecule has 1 aromatic carbocycles. The number of fused-ring (bicyclic) bond motifs is 1. The highest BCUT2D eigenvalue weighted by atomic mass is 16.7. The minimum atomic E-state index is 0.316. The second kappa shape index (κ2) is 7.14. The van der Waals surface area contributed by atoms with Crippen LogP contribution in [0.1, 0.15) is 45.4 Å². The minimum absolute atomic E-state index is 0.316. The van der Waals surface area contributed by atoms with E-state index < -0.39 is 0 Å². The summed E-state index contributed by atoms with van der Waals surface area (Å²) in [5.41, 5.74) is 0. The molecule has 0 aliphatic carbocycles. The highest BCUT2D eigenvalue weighted by Crippen LogP contribution is 2.35. The molecule has 0 aromatic heterocycles. The molecular formula is C15H22O3. The Kier molecular flexibility index (Phi) is 5.18. The van der Waals surface area contributed by atoms with E-state index in [1.54, 1.807) is 0 Å². The number of unbranched alkanes of at least 4 members (excludes halogenated alkanes) is 5. The molecule has 1 heterocycles. The number of hydrogen-bond donors (Lipinski definition) is 0. The van der Waals surface area contributed by atoms with Crippen molar-refractivity contribution in [2.45, 2.75) is 45.4 Å². The van der Waals surface area contributed by atoms with Crippen LogP contribution >= 0.6 is 0 Å². The van der Waals surface area contributed by atoms with Crippen LogP contribution in [0, 0.1) is 0 Å². The highest BCUT2D eigenvalue weighted by molar-refractivity contribution is 5.46. The topological polar surface area (TPSA) is 27.7 Å². The lowest BCUT2D eigenvalue weighted by Gasteiger charge is -2.06. The Morgan fingerprint density at radius 3 is 2.67 bits per heavy atom. The summed E-state index contributed by atoms with van der Waals surface area (Å²) in [5.74, 6) is 2.46. The molecule has 0 unspecified atom stereocenters. The van der Waals surface area contributed by atoms with Gasteiger partial charge in [0.25, 0.3) is 0 Å². The lowest BCUT2D eigenvalue weighted by atomic mass is 10.1. The van der Waals surface area contributed by atoms with Crippen molar-refractivity contribution in [1.82, 2.24) is 0 Å². The standard InChI is InChI=1S/C15H22O3/c1-2-3-4-5-6-7-10-16-13-8-9-14-15(11-13)18-12-17-14/h8-9,11H,2-7,10,12H2,1H3. The zero-order valence-corrected chi connectivity index (χ0v) is 11.1. The highest BCUT2D eigenvalue weighted by Gasteiger charge is 2.13. The van der Waals surface area contributed by atoms with E-state index in [2.05, 4.69) is 6.92 Å². The zero-order valence-electron chi connectivity index (χ0n) is 11.1. The van der Waals surface area contributed by atoms with E-state index in [0.29, 0.717) is 6.79 Å². The lowest BCUT2D eigenvalue weighted by Crippen LogP contribution is -1.97. The van der Waals surface area contributed by atoms with E-state index in [-0.39, 0.29) is 0 Å². The third kappa shape index (κ3) is 3.83. The van der Waals surface area contributed by atoms with Gasteiger partial charge in [0.1, 0.15) is 5.75 Å². The summed E-state index contributed by atoms with van der Waals surface area (Å²) in [5, 5.41) is 0. The Balaban J connectivity index is 1.62. The molecule has 100 valence electrons. The second-order valence-corrected chi connectivity index (χ2v) is 4.63. The van der Waals surface area contributed by atoms with E-state index in [1.165, 1.54) is 32.1 Å². The van der Waals surface area contributed by atoms with Crippen molar-refractivity contribution < 1.29 is 14.2 Å².